The van der Waals surface area contributed by atoms with E-state index in [0.717, 1.165) is 11.3 Å². The van der Waals surface area contributed by atoms with Crippen LogP contribution >= 0.6 is 11.3 Å². The summed E-state index contributed by atoms with van der Waals surface area (Å²) in [7, 11) is 1.57. The van der Waals surface area contributed by atoms with Crippen LogP contribution in [0.25, 0.3) is 0 Å². The van der Waals surface area contributed by atoms with Crippen molar-refractivity contribution in [2.75, 3.05) is 13.6 Å². The van der Waals surface area contributed by atoms with E-state index in [1.807, 2.05) is 0 Å². The van der Waals surface area contributed by atoms with Crippen molar-refractivity contribution >= 4 is 23.3 Å². The molecule has 0 aliphatic heterocycles. The summed E-state index contributed by atoms with van der Waals surface area (Å²) in [6.07, 6.45) is 0. The van der Waals surface area contributed by atoms with Crippen LogP contribution in [0, 0.1) is 6.92 Å². The smallest absolute Gasteiger partial charge is 0.347 e. The van der Waals surface area contributed by atoms with E-state index in [4.69, 9.17) is 5.11 Å². The fourth-order valence-electron chi connectivity index (χ4n) is 1.66. The number of carboxylic acid groups (broad SMARTS) is 1. The van der Waals surface area contributed by atoms with Crippen molar-refractivity contribution in [1.82, 2.24) is 15.2 Å². The van der Waals surface area contributed by atoms with Crippen LogP contribution in [0.1, 0.15) is 34.2 Å². The molecule has 0 spiro atoms. The number of aromatic carboxylic acids is 1. The average molecular weight is 301 g/mol. The van der Waals surface area contributed by atoms with Crippen LogP contribution in [-0.4, -0.2) is 51.3 Å². The number of hydrogen-bond donors (Lipinski definition) is 3. The summed E-state index contributed by atoms with van der Waals surface area (Å²) in [4.78, 5) is 28.3. The van der Waals surface area contributed by atoms with Crippen molar-refractivity contribution in [2.45, 2.75) is 32.9 Å². The molecule has 1 heterocycles. The second-order valence-corrected chi connectivity index (χ2v) is 6.24. The molecule has 0 aliphatic rings. The lowest BCUT2D eigenvalue weighted by Gasteiger charge is -2.25. The Labute approximate surface area is 121 Å². The molecule has 1 rings (SSSR count). The second-order valence-electron chi connectivity index (χ2n) is 5.15. The van der Waals surface area contributed by atoms with Crippen LogP contribution < -0.4 is 5.32 Å². The monoisotopic (exact) mass is 301 g/mol. The molecule has 20 heavy (non-hydrogen) atoms. The molecule has 8 heteroatoms. The summed E-state index contributed by atoms with van der Waals surface area (Å²) in [5.41, 5.74) is -0.531. The summed E-state index contributed by atoms with van der Waals surface area (Å²) in [5.74, 6) is -1.02. The zero-order valence-electron chi connectivity index (χ0n) is 11.9. The molecular weight excluding hydrogens is 282 g/mol. The van der Waals surface area contributed by atoms with Gasteiger partial charge in [-0.15, -0.1) is 11.3 Å². The Morgan fingerprint density at radius 1 is 1.45 bits per heavy atom. The Hall–Kier alpha value is -1.67. The van der Waals surface area contributed by atoms with Crippen molar-refractivity contribution in [3.05, 3.63) is 15.6 Å². The van der Waals surface area contributed by atoms with E-state index in [0.29, 0.717) is 10.7 Å². The molecule has 0 saturated heterocycles. The van der Waals surface area contributed by atoms with Gasteiger partial charge >= 0.3 is 12.0 Å². The number of aryl methyl sites for hydroxylation is 1. The Balaban J connectivity index is 2.57. The molecule has 7 nitrogen and oxygen atoms in total. The number of urea groups is 1. The van der Waals surface area contributed by atoms with Crippen LogP contribution in [0.2, 0.25) is 0 Å². The minimum Gasteiger partial charge on any atom is -0.477 e. The molecule has 0 unspecified atom stereocenters. The van der Waals surface area contributed by atoms with Crippen LogP contribution in [0.15, 0.2) is 0 Å². The van der Waals surface area contributed by atoms with Gasteiger partial charge in [0.05, 0.1) is 24.4 Å². The highest BCUT2D eigenvalue weighted by Crippen LogP contribution is 2.17. The normalized spacial score (nSPS) is 11.2. The molecule has 1 aromatic rings. The maximum atomic E-state index is 11.8. The Morgan fingerprint density at radius 2 is 2.05 bits per heavy atom. The third kappa shape index (κ3) is 4.78. The molecule has 3 N–H and O–H groups in total. The van der Waals surface area contributed by atoms with Crippen LogP contribution in [0.4, 0.5) is 4.79 Å². The number of carboxylic acids is 1. The molecule has 0 aromatic carbocycles. The van der Waals surface area contributed by atoms with Gasteiger partial charge in [0.25, 0.3) is 0 Å². The first-order valence-corrected chi connectivity index (χ1v) is 6.83. The van der Waals surface area contributed by atoms with Gasteiger partial charge in [-0.1, -0.05) is 0 Å². The Bertz CT molecular complexity index is 507. The minimum atomic E-state index is -1.02. The van der Waals surface area contributed by atoms with Gasteiger partial charge in [0.1, 0.15) is 9.88 Å². The first-order valence-electron chi connectivity index (χ1n) is 6.01. The van der Waals surface area contributed by atoms with Gasteiger partial charge in [-0.3, -0.25) is 0 Å². The second kappa shape index (κ2) is 6.19. The van der Waals surface area contributed by atoms with Gasteiger partial charge in [-0.2, -0.15) is 0 Å². The first kappa shape index (κ1) is 16.4. The molecule has 0 aliphatic carbocycles. The molecule has 2 amide bonds. The molecular formula is C12H19N3O4S. The third-order valence-corrected chi connectivity index (χ3v) is 3.54. The predicted octanol–water partition coefficient (Wildman–Crippen LogP) is 1.06. The number of aliphatic hydroxyl groups is 1. The maximum absolute atomic E-state index is 11.8. The first-order chi connectivity index (χ1) is 9.10. The van der Waals surface area contributed by atoms with Gasteiger partial charge in [0.15, 0.2) is 0 Å². The van der Waals surface area contributed by atoms with E-state index in [1.54, 1.807) is 27.8 Å². The third-order valence-electron chi connectivity index (χ3n) is 2.40. The van der Waals surface area contributed by atoms with Crippen molar-refractivity contribution in [3.8, 4) is 0 Å². The lowest BCUT2D eigenvalue weighted by molar-refractivity contribution is 0.0531. The fourth-order valence-corrected chi connectivity index (χ4v) is 2.51. The number of hydrogen-bond acceptors (Lipinski definition) is 5. The highest BCUT2D eigenvalue weighted by Gasteiger charge is 2.20. The quantitative estimate of drug-likeness (QED) is 0.754. The van der Waals surface area contributed by atoms with Crippen molar-refractivity contribution in [1.29, 1.82) is 0 Å². The highest BCUT2D eigenvalue weighted by atomic mass is 32.1. The summed E-state index contributed by atoms with van der Waals surface area (Å²) in [6, 6.07) is -0.350. The highest BCUT2D eigenvalue weighted by molar-refractivity contribution is 7.13. The molecule has 0 radical (unpaired) electrons. The number of carbonyl (C=O) groups is 2. The standard InChI is InChI=1S/C12H19N3O4S/c1-7-9(10(16)17)20-8(14-7)5-13-11(18)15(4)6-12(2,3)19/h19H,5-6H2,1-4H3,(H,13,18)(H,16,17). The Kier molecular flexibility index (Phi) is 5.07. The van der Waals surface area contributed by atoms with E-state index in [9.17, 15) is 14.7 Å². The van der Waals surface area contributed by atoms with E-state index >= 15 is 0 Å². The molecule has 0 saturated carbocycles. The minimum absolute atomic E-state index is 0.161. The van der Waals surface area contributed by atoms with Crippen molar-refractivity contribution in [2.24, 2.45) is 0 Å². The van der Waals surface area contributed by atoms with Gasteiger partial charge in [0, 0.05) is 7.05 Å². The van der Waals surface area contributed by atoms with Gasteiger partial charge in [0.2, 0.25) is 0 Å². The lowest BCUT2D eigenvalue weighted by atomic mass is 10.1. The number of nitrogens with one attached hydrogen (secondary N) is 1. The van der Waals surface area contributed by atoms with Crippen LogP contribution in [0.3, 0.4) is 0 Å². The average Bonchev–Trinajstić information content (AvgIpc) is 2.65. The van der Waals surface area contributed by atoms with E-state index in [2.05, 4.69) is 10.3 Å². The van der Waals surface area contributed by atoms with E-state index < -0.39 is 11.6 Å². The van der Waals surface area contributed by atoms with Crippen LogP contribution in [0.5, 0.6) is 0 Å². The number of nitrogens with zero attached hydrogens (tertiary/aromatic N) is 2. The molecule has 112 valence electrons. The summed E-state index contributed by atoms with van der Waals surface area (Å²) in [6.45, 7) is 5.19. The number of rotatable bonds is 5. The van der Waals surface area contributed by atoms with Crippen LogP contribution in [-0.2, 0) is 6.54 Å². The largest absolute Gasteiger partial charge is 0.477 e. The Morgan fingerprint density at radius 3 is 2.50 bits per heavy atom. The number of likely N-dealkylation sites (N-methyl/N-ethyl adjacent to an activating group) is 1. The number of amides is 2. The SMILES string of the molecule is Cc1nc(CNC(=O)N(C)CC(C)(C)O)sc1C(=O)O. The van der Waals surface area contributed by atoms with Crippen molar-refractivity contribution < 1.29 is 19.8 Å². The zero-order chi connectivity index (χ0) is 15.5. The molecule has 0 bridgehead atoms. The van der Waals surface area contributed by atoms with Crippen molar-refractivity contribution in [3.63, 3.8) is 0 Å². The summed E-state index contributed by atoms with van der Waals surface area (Å²) < 4.78 is 0. The van der Waals surface area contributed by atoms with Gasteiger partial charge in [-0.25, -0.2) is 14.6 Å². The predicted molar refractivity (Wildman–Crippen MR) is 75.0 cm³/mol. The topological polar surface area (TPSA) is 103 Å². The fraction of sp³-hybridized carbons (Fsp3) is 0.583. The van der Waals surface area contributed by atoms with E-state index in [1.165, 1.54) is 4.90 Å². The molecule has 0 fully saturated rings. The number of thiazole rings is 1. The van der Waals surface area contributed by atoms with Gasteiger partial charge < -0.3 is 20.4 Å². The van der Waals surface area contributed by atoms with E-state index in [-0.39, 0.29) is 24.0 Å². The summed E-state index contributed by atoms with van der Waals surface area (Å²) >= 11 is 1.04. The zero-order valence-corrected chi connectivity index (χ0v) is 12.7. The maximum Gasteiger partial charge on any atom is 0.347 e. The summed E-state index contributed by atoms with van der Waals surface area (Å²) in [5, 5.41) is 21.7. The molecule has 0 atom stereocenters. The molecule has 1 aromatic heterocycles. The van der Waals surface area contributed by atoms with Gasteiger partial charge in [-0.05, 0) is 20.8 Å². The number of carbonyl (C=O) groups excluding carboxylic acids is 1. The lowest BCUT2D eigenvalue weighted by Crippen LogP contribution is -2.44. The number of aromatic nitrogens is 1.